The van der Waals surface area contributed by atoms with Crippen LogP contribution in [0.15, 0.2) is 18.2 Å². The minimum Gasteiger partial charge on any atom is -0.398 e. The van der Waals surface area contributed by atoms with Crippen LogP contribution in [0.4, 0.5) is 11.4 Å². The van der Waals surface area contributed by atoms with Crippen LogP contribution in [-0.2, 0) is 0 Å². The molecule has 1 aromatic rings. The molecule has 0 atom stereocenters. The van der Waals surface area contributed by atoms with Crippen LogP contribution in [0.5, 0.6) is 0 Å². The highest BCUT2D eigenvalue weighted by atomic mass is 16.1. The highest BCUT2D eigenvalue weighted by Crippen LogP contribution is 2.19. The lowest BCUT2D eigenvalue weighted by Gasteiger charge is -2.14. The van der Waals surface area contributed by atoms with Crippen molar-refractivity contribution >= 4 is 17.3 Å². The zero-order valence-electron chi connectivity index (χ0n) is 9.37. The van der Waals surface area contributed by atoms with Gasteiger partial charge in [-0.2, -0.15) is 0 Å². The van der Waals surface area contributed by atoms with E-state index in [1.54, 1.807) is 12.1 Å². The molecule has 1 amide bonds. The SMILES string of the molecule is CCNC(=O)c1cc(N(C)C)ccc1N. The van der Waals surface area contributed by atoms with E-state index < -0.39 is 0 Å². The third-order valence-electron chi connectivity index (χ3n) is 2.14. The molecule has 15 heavy (non-hydrogen) atoms. The van der Waals surface area contributed by atoms with E-state index in [-0.39, 0.29) is 5.91 Å². The summed E-state index contributed by atoms with van der Waals surface area (Å²) >= 11 is 0. The molecule has 4 heteroatoms. The number of benzene rings is 1. The van der Waals surface area contributed by atoms with Crippen LogP contribution in [-0.4, -0.2) is 26.5 Å². The van der Waals surface area contributed by atoms with Crippen LogP contribution in [0, 0.1) is 0 Å². The zero-order chi connectivity index (χ0) is 11.4. The normalized spacial score (nSPS) is 9.80. The molecule has 0 aliphatic heterocycles. The van der Waals surface area contributed by atoms with Crippen molar-refractivity contribution in [2.45, 2.75) is 6.92 Å². The Labute approximate surface area is 90.1 Å². The zero-order valence-corrected chi connectivity index (χ0v) is 9.37. The molecule has 0 aromatic heterocycles. The second-order valence-corrected chi connectivity index (χ2v) is 3.53. The van der Waals surface area contributed by atoms with E-state index >= 15 is 0 Å². The first-order chi connectivity index (χ1) is 7.06. The summed E-state index contributed by atoms with van der Waals surface area (Å²) < 4.78 is 0. The van der Waals surface area contributed by atoms with Crippen molar-refractivity contribution in [3.8, 4) is 0 Å². The highest BCUT2D eigenvalue weighted by molar-refractivity contribution is 6.00. The van der Waals surface area contributed by atoms with Crippen molar-refractivity contribution in [2.24, 2.45) is 0 Å². The van der Waals surface area contributed by atoms with Crippen LogP contribution in [0.25, 0.3) is 0 Å². The summed E-state index contributed by atoms with van der Waals surface area (Å²) in [5, 5.41) is 2.73. The largest absolute Gasteiger partial charge is 0.398 e. The second-order valence-electron chi connectivity index (χ2n) is 3.53. The molecule has 0 heterocycles. The lowest BCUT2D eigenvalue weighted by atomic mass is 10.1. The maximum absolute atomic E-state index is 11.6. The minimum absolute atomic E-state index is 0.126. The smallest absolute Gasteiger partial charge is 0.253 e. The van der Waals surface area contributed by atoms with E-state index in [0.717, 1.165) is 5.69 Å². The molecule has 4 nitrogen and oxygen atoms in total. The maximum Gasteiger partial charge on any atom is 0.253 e. The summed E-state index contributed by atoms with van der Waals surface area (Å²) in [5.41, 5.74) is 7.74. The van der Waals surface area contributed by atoms with Crippen molar-refractivity contribution < 1.29 is 4.79 Å². The Morgan fingerprint density at radius 3 is 2.67 bits per heavy atom. The summed E-state index contributed by atoms with van der Waals surface area (Å²) in [6.07, 6.45) is 0. The fourth-order valence-electron chi connectivity index (χ4n) is 1.27. The molecule has 0 aliphatic rings. The molecular weight excluding hydrogens is 190 g/mol. The molecule has 0 unspecified atom stereocenters. The number of nitrogens with zero attached hydrogens (tertiary/aromatic N) is 1. The van der Waals surface area contributed by atoms with E-state index in [2.05, 4.69) is 5.32 Å². The number of rotatable bonds is 3. The molecule has 0 saturated carbocycles. The Morgan fingerprint density at radius 2 is 2.13 bits per heavy atom. The number of nitrogen functional groups attached to an aromatic ring is 1. The summed E-state index contributed by atoms with van der Waals surface area (Å²) in [4.78, 5) is 13.6. The monoisotopic (exact) mass is 207 g/mol. The van der Waals surface area contributed by atoms with Gasteiger partial charge in [0.05, 0.1) is 5.56 Å². The number of anilines is 2. The number of amides is 1. The molecule has 0 bridgehead atoms. The average molecular weight is 207 g/mol. The predicted octanol–water partition coefficient (Wildman–Crippen LogP) is 1.08. The first kappa shape index (κ1) is 11.4. The van der Waals surface area contributed by atoms with E-state index in [1.165, 1.54) is 0 Å². The number of nitrogens with two attached hydrogens (primary N) is 1. The predicted molar refractivity (Wildman–Crippen MR) is 63.2 cm³/mol. The Balaban J connectivity index is 3.05. The molecule has 1 aromatic carbocycles. The first-order valence-electron chi connectivity index (χ1n) is 4.91. The Morgan fingerprint density at radius 1 is 1.47 bits per heavy atom. The topological polar surface area (TPSA) is 58.4 Å². The third kappa shape index (κ3) is 2.62. The Kier molecular flexibility index (Phi) is 3.55. The van der Waals surface area contributed by atoms with Crippen LogP contribution in [0.3, 0.4) is 0 Å². The summed E-state index contributed by atoms with van der Waals surface area (Å²) in [7, 11) is 3.85. The molecule has 0 saturated heterocycles. The maximum atomic E-state index is 11.6. The van der Waals surface area contributed by atoms with Crippen molar-refractivity contribution in [2.75, 3.05) is 31.3 Å². The van der Waals surface area contributed by atoms with Gasteiger partial charge in [0.15, 0.2) is 0 Å². The van der Waals surface area contributed by atoms with Gasteiger partial charge in [-0.15, -0.1) is 0 Å². The lowest BCUT2D eigenvalue weighted by Crippen LogP contribution is -2.24. The number of hydrogen-bond acceptors (Lipinski definition) is 3. The number of carbonyl (C=O) groups is 1. The molecule has 0 spiro atoms. The van der Waals surface area contributed by atoms with Gasteiger partial charge in [0, 0.05) is 32.0 Å². The molecule has 0 aliphatic carbocycles. The minimum atomic E-state index is -0.126. The van der Waals surface area contributed by atoms with Gasteiger partial charge < -0.3 is 16.0 Å². The molecule has 3 N–H and O–H groups in total. The van der Waals surface area contributed by atoms with Crippen molar-refractivity contribution in [3.05, 3.63) is 23.8 Å². The summed E-state index contributed by atoms with van der Waals surface area (Å²) in [6.45, 7) is 2.48. The number of hydrogen-bond donors (Lipinski definition) is 2. The molecule has 0 fully saturated rings. The van der Waals surface area contributed by atoms with Gasteiger partial charge in [-0.3, -0.25) is 4.79 Å². The van der Waals surface area contributed by atoms with Crippen LogP contribution in [0.1, 0.15) is 17.3 Å². The van der Waals surface area contributed by atoms with Gasteiger partial charge in [0.25, 0.3) is 5.91 Å². The van der Waals surface area contributed by atoms with Crippen LogP contribution >= 0.6 is 0 Å². The standard InChI is InChI=1S/C11H17N3O/c1-4-13-11(15)9-7-8(14(2)3)5-6-10(9)12/h5-7H,4,12H2,1-3H3,(H,13,15). The fraction of sp³-hybridized carbons (Fsp3) is 0.364. The van der Waals surface area contributed by atoms with Crippen LogP contribution in [0.2, 0.25) is 0 Å². The van der Waals surface area contributed by atoms with Crippen LogP contribution < -0.4 is 16.0 Å². The Bertz CT molecular complexity index is 361. The molecule has 82 valence electrons. The second kappa shape index (κ2) is 4.68. The molecule has 1 rings (SSSR count). The van der Waals surface area contributed by atoms with Gasteiger partial charge in [0.1, 0.15) is 0 Å². The van der Waals surface area contributed by atoms with E-state index in [0.29, 0.717) is 17.8 Å². The van der Waals surface area contributed by atoms with Gasteiger partial charge in [-0.25, -0.2) is 0 Å². The summed E-state index contributed by atoms with van der Waals surface area (Å²) in [5.74, 6) is -0.126. The average Bonchev–Trinajstić information content (AvgIpc) is 2.18. The highest BCUT2D eigenvalue weighted by Gasteiger charge is 2.09. The van der Waals surface area contributed by atoms with E-state index in [4.69, 9.17) is 5.73 Å². The van der Waals surface area contributed by atoms with Crippen molar-refractivity contribution in [3.63, 3.8) is 0 Å². The van der Waals surface area contributed by atoms with Gasteiger partial charge in [0.2, 0.25) is 0 Å². The Hall–Kier alpha value is -1.71. The van der Waals surface area contributed by atoms with Gasteiger partial charge in [-0.05, 0) is 25.1 Å². The number of nitrogens with one attached hydrogen (secondary N) is 1. The fourth-order valence-corrected chi connectivity index (χ4v) is 1.27. The van der Waals surface area contributed by atoms with Gasteiger partial charge >= 0.3 is 0 Å². The molecule has 0 radical (unpaired) electrons. The first-order valence-corrected chi connectivity index (χ1v) is 4.91. The quantitative estimate of drug-likeness (QED) is 0.729. The van der Waals surface area contributed by atoms with E-state index in [9.17, 15) is 4.79 Å². The number of carbonyl (C=O) groups excluding carboxylic acids is 1. The lowest BCUT2D eigenvalue weighted by molar-refractivity contribution is 0.0957. The van der Waals surface area contributed by atoms with Gasteiger partial charge in [-0.1, -0.05) is 0 Å². The third-order valence-corrected chi connectivity index (χ3v) is 2.14. The summed E-state index contributed by atoms with van der Waals surface area (Å²) in [6, 6.07) is 5.43. The molecular formula is C11H17N3O. The van der Waals surface area contributed by atoms with Crippen molar-refractivity contribution in [1.29, 1.82) is 0 Å². The van der Waals surface area contributed by atoms with E-state index in [1.807, 2.05) is 32.0 Å². The van der Waals surface area contributed by atoms with Crippen molar-refractivity contribution in [1.82, 2.24) is 5.32 Å².